The standard InChI is InChI=1S/C24H27ClFN5O2S/c1-3-31-23(17(2)33-21-7-5-4-6-20(21)25)27-28-24(31)34-16-22(32)30-14-12-29(13-15-30)19-10-8-18(26)9-11-19/h4-11,17H,3,12-16H2,1-2H3. The van der Waals surface area contributed by atoms with Crippen molar-refractivity contribution in [1.82, 2.24) is 19.7 Å². The third-order valence-electron chi connectivity index (χ3n) is 5.71. The molecule has 1 aromatic heterocycles. The van der Waals surface area contributed by atoms with E-state index in [0.29, 0.717) is 54.5 Å². The monoisotopic (exact) mass is 503 g/mol. The molecule has 1 aliphatic rings. The Hall–Kier alpha value is -2.78. The van der Waals surface area contributed by atoms with E-state index in [1.807, 2.05) is 41.5 Å². The smallest absolute Gasteiger partial charge is 0.233 e. The summed E-state index contributed by atoms with van der Waals surface area (Å²) < 4.78 is 21.1. The van der Waals surface area contributed by atoms with Gasteiger partial charge in [0.15, 0.2) is 17.1 Å². The maximum atomic E-state index is 13.2. The number of amides is 1. The van der Waals surface area contributed by atoms with E-state index in [1.165, 1.54) is 23.9 Å². The van der Waals surface area contributed by atoms with Crippen molar-refractivity contribution in [1.29, 1.82) is 0 Å². The number of carbonyl (C=O) groups excluding carboxylic acids is 1. The van der Waals surface area contributed by atoms with Crippen molar-refractivity contribution in [3.8, 4) is 5.75 Å². The molecule has 34 heavy (non-hydrogen) atoms. The van der Waals surface area contributed by atoms with E-state index in [9.17, 15) is 9.18 Å². The van der Waals surface area contributed by atoms with Crippen LogP contribution in [0.5, 0.6) is 5.75 Å². The largest absolute Gasteiger partial charge is 0.481 e. The number of benzene rings is 2. The number of carbonyl (C=O) groups is 1. The molecule has 2 aromatic carbocycles. The highest BCUT2D eigenvalue weighted by molar-refractivity contribution is 7.99. The maximum Gasteiger partial charge on any atom is 0.233 e. The Morgan fingerprint density at radius 1 is 1.12 bits per heavy atom. The first-order valence-corrected chi connectivity index (χ1v) is 12.6. The molecule has 0 aliphatic carbocycles. The fraction of sp³-hybridized carbons (Fsp3) is 0.375. The maximum absolute atomic E-state index is 13.2. The minimum Gasteiger partial charge on any atom is -0.481 e. The van der Waals surface area contributed by atoms with Crippen LogP contribution in [0.25, 0.3) is 0 Å². The molecule has 1 fully saturated rings. The normalized spacial score (nSPS) is 14.8. The Bertz CT molecular complexity index is 1120. The molecule has 1 amide bonds. The van der Waals surface area contributed by atoms with Crippen LogP contribution in [-0.4, -0.2) is 57.5 Å². The molecular formula is C24H27ClFN5O2S. The van der Waals surface area contributed by atoms with E-state index in [2.05, 4.69) is 15.1 Å². The van der Waals surface area contributed by atoms with E-state index < -0.39 is 0 Å². The van der Waals surface area contributed by atoms with Gasteiger partial charge >= 0.3 is 0 Å². The summed E-state index contributed by atoms with van der Waals surface area (Å²) >= 11 is 7.59. The van der Waals surface area contributed by atoms with Crippen molar-refractivity contribution >= 4 is 35.0 Å². The highest BCUT2D eigenvalue weighted by atomic mass is 35.5. The summed E-state index contributed by atoms with van der Waals surface area (Å²) in [6, 6.07) is 13.8. The average molecular weight is 504 g/mol. The van der Waals surface area contributed by atoms with Gasteiger partial charge in [0.25, 0.3) is 0 Å². The Balaban J connectivity index is 1.32. The van der Waals surface area contributed by atoms with Gasteiger partial charge in [-0.1, -0.05) is 35.5 Å². The van der Waals surface area contributed by atoms with Crippen LogP contribution in [0, 0.1) is 5.82 Å². The molecule has 7 nitrogen and oxygen atoms in total. The zero-order valence-electron chi connectivity index (χ0n) is 19.2. The number of hydrogen-bond acceptors (Lipinski definition) is 6. The van der Waals surface area contributed by atoms with Crippen molar-refractivity contribution in [2.75, 3.05) is 36.8 Å². The van der Waals surface area contributed by atoms with Crippen molar-refractivity contribution in [3.05, 3.63) is 65.2 Å². The van der Waals surface area contributed by atoms with Gasteiger partial charge in [-0.15, -0.1) is 10.2 Å². The molecule has 0 bridgehead atoms. The van der Waals surface area contributed by atoms with E-state index in [4.69, 9.17) is 16.3 Å². The predicted molar refractivity (Wildman–Crippen MR) is 132 cm³/mol. The molecule has 1 unspecified atom stereocenters. The van der Waals surface area contributed by atoms with Gasteiger partial charge in [0.2, 0.25) is 5.91 Å². The molecule has 0 radical (unpaired) electrons. The van der Waals surface area contributed by atoms with Crippen LogP contribution in [0.3, 0.4) is 0 Å². The number of halogens is 2. The predicted octanol–water partition coefficient (Wildman–Crippen LogP) is 4.67. The highest BCUT2D eigenvalue weighted by Gasteiger charge is 2.24. The van der Waals surface area contributed by atoms with Gasteiger partial charge in [-0.25, -0.2) is 4.39 Å². The van der Waals surface area contributed by atoms with E-state index in [0.717, 1.165) is 5.69 Å². The molecule has 0 spiro atoms. The molecule has 3 aromatic rings. The Morgan fingerprint density at radius 3 is 2.50 bits per heavy atom. The van der Waals surface area contributed by atoms with Crippen LogP contribution >= 0.6 is 23.4 Å². The van der Waals surface area contributed by atoms with Crippen LogP contribution in [-0.2, 0) is 11.3 Å². The second-order valence-corrected chi connectivity index (χ2v) is 9.26. The van der Waals surface area contributed by atoms with E-state index >= 15 is 0 Å². The zero-order chi connectivity index (χ0) is 24.1. The van der Waals surface area contributed by atoms with Crippen molar-refractivity contribution in [2.24, 2.45) is 0 Å². The van der Waals surface area contributed by atoms with Crippen LogP contribution < -0.4 is 9.64 Å². The molecular weight excluding hydrogens is 477 g/mol. The Morgan fingerprint density at radius 2 is 1.82 bits per heavy atom. The number of aromatic nitrogens is 3. The summed E-state index contributed by atoms with van der Waals surface area (Å²) in [7, 11) is 0. The Labute approximate surface area is 207 Å². The number of rotatable bonds is 8. The van der Waals surface area contributed by atoms with E-state index in [1.54, 1.807) is 18.2 Å². The zero-order valence-corrected chi connectivity index (χ0v) is 20.7. The van der Waals surface area contributed by atoms with Crippen LogP contribution in [0.15, 0.2) is 53.7 Å². The minimum absolute atomic E-state index is 0.0660. The second-order valence-electron chi connectivity index (χ2n) is 7.91. The van der Waals surface area contributed by atoms with E-state index in [-0.39, 0.29) is 23.6 Å². The molecule has 10 heteroatoms. The molecule has 0 saturated carbocycles. The first-order valence-electron chi connectivity index (χ1n) is 11.2. The van der Waals surface area contributed by atoms with Crippen molar-refractivity contribution < 1.29 is 13.9 Å². The summed E-state index contributed by atoms with van der Waals surface area (Å²) in [5.74, 6) is 1.38. The number of hydrogen-bond donors (Lipinski definition) is 0. The second kappa shape index (κ2) is 11.1. The third kappa shape index (κ3) is 5.64. The lowest BCUT2D eigenvalue weighted by Crippen LogP contribution is -2.49. The lowest BCUT2D eigenvalue weighted by molar-refractivity contribution is -0.128. The van der Waals surface area contributed by atoms with Crippen LogP contribution in [0.2, 0.25) is 5.02 Å². The number of ether oxygens (including phenoxy) is 1. The SMILES string of the molecule is CCn1c(SCC(=O)N2CCN(c3ccc(F)cc3)CC2)nnc1C(C)Oc1ccccc1Cl. The van der Waals surface area contributed by atoms with Gasteiger partial charge < -0.3 is 19.1 Å². The van der Waals surface area contributed by atoms with Crippen molar-refractivity contribution in [3.63, 3.8) is 0 Å². The van der Waals surface area contributed by atoms with Crippen molar-refractivity contribution in [2.45, 2.75) is 31.7 Å². The molecule has 2 heterocycles. The average Bonchev–Trinajstić information content (AvgIpc) is 3.27. The van der Waals surface area contributed by atoms with Gasteiger partial charge in [0, 0.05) is 38.4 Å². The molecule has 1 aliphatic heterocycles. The third-order valence-corrected chi connectivity index (χ3v) is 6.98. The number of piperazine rings is 1. The number of thioether (sulfide) groups is 1. The Kier molecular flexibility index (Phi) is 7.95. The summed E-state index contributed by atoms with van der Waals surface area (Å²) in [6.07, 6.45) is -0.350. The number of para-hydroxylation sites is 1. The highest BCUT2D eigenvalue weighted by Crippen LogP contribution is 2.29. The fourth-order valence-corrected chi connectivity index (χ4v) is 4.96. The summed E-state index contributed by atoms with van der Waals surface area (Å²) in [5.41, 5.74) is 0.972. The quantitative estimate of drug-likeness (QED) is 0.416. The minimum atomic E-state index is -0.350. The number of nitrogens with zero attached hydrogens (tertiary/aromatic N) is 5. The lowest BCUT2D eigenvalue weighted by Gasteiger charge is -2.36. The van der Waals surface area contributed by atoms with Crippen LogP contribution in [0.1, 0.15) is 25.8 Å². The first-order chi connectivity index (χ1) is 16.5. The summed E-state index contributed by atoms with van der Waals surface area (Å²) in [4.78, 5) is 16.8. The van der Waals surface area contributed by atoms with Crippen LogP contribution in [0.4, 0.5) is 10.1 Å². The van der Waals surface area contributed by atoms with Gasteiger partial charge in [0.1, 0.15) is 11.6 Å². The molecule has 1 atom stereocenters. The first kappa shape index (κ1) is 24.3. The lowest BCUT2D eigenvalue weighted by atomic mass is 10.2. The van der Waals surface area contributed by atoms with Gasteiger partial charge in [0.05, 0.1) is 10.8 Å². The summed E-state index contributed by atoms with van der Waals surface area (Å²) in [5, 5.41) is 9.84. The fourth-order valence-electron chi connectivity index (χ4n) is 3.87. The molecule has 180 valence electrons. The van der Waals surface area contributed by atoms with Gasteiger partial charge in [-0.2, -0.15) is 0 Å². The molecule has 4 rings (SSSR count). The van der Waals surface area contributed by atoms with Gasteiger partial charge in [-0.3, -0.25) is 4.79 Å². The molecule has 0 N–H and O–H groups in total. The number of anilines is 1. The van der Waals surface area contributed by atoms with Gasteiger partial charge in [-0.05, 0) is 50.2 Å². The topological polar surface area (TPSA) is 63.5 Å². The summed E-state index contributed by atoms with van der Waals surface area (Å²) in [6.45, 7) is 7.26. The molecule has 1 saturated heterocycles.